The van der Waals surface area contributed by atoms with Crippen molar-refractivity contribution in [2.45, 2.75) is 6.92 Å². The average molecular weight is 338 g/mol. The second kappa shape index (κ2) is 5.59. The lowest BCUT2D eigenvalue weighted by Crippen LogP contribution is -2.15. The van der Waals surface area contributed by atoms with Crippen molar-refractivity contribution >= 4 is 40.4 Å². The standard InChI is InChI=1S/C15H10Cl2FN3O/c1-8-14(21-7-9(18)2-5-13(21)19-8)15(22)20-10-3-4-11(16)12(17)6-10/h2-7H,1H3,(H,20,22). The number of benzene rings is 1. The van der Waals surface area contributed by atoms with Crippen LogP contribution < -0.4 is 5.32 Å². The second-order valence-corrected chi connectivity index (χ2v) is 5.52. The fraction of sp³-hybridized carbons (Fsp3) is 0.0667. The van der Waals surface area contributed by atoms with Crippen LogP contribution in [0.3, 0.4) is 0 Å². The van der Waals surface area contributed by atoms with Crippen LogP contribution in [0, 0.1) is 12.7 Å². The van der Waals surface area contributed by atoms with E-state index in [1.807, 2.05) is 0 Å². The van der Waals surface area contributed by atoms with E-state index >= 15 is 0 Å². The number of aromatic nitrogens is 2. The predicted molar refractivity (Wildman–Crippen MR) is 84.3 cm³/mol. The summed E-state index contributed by atoms with van der Waals surface area (Å²) in [4.78, 5) is 16.7. The number of anilines is 1. The van der Waals surface area contributed by atoms with Gasteiger partial charge >= 0.3 is 0 Å². The minimum absolute atomic E-state index is 0.264. The molecule has 0 bridgehead atoms. The summed E-state index contributed by atoms with van der Waals surface area (Å²) in [6.07, 6.45) is 1.22. The zero-order valence-corrected chi connectivity index (χ0v) is 12.9. The van der Waals surface area contributed by atoms with Gasteiger partial charge in [0, 0.05) is 11.9 Å². The van der Waals surface area contributed by atoms with Crippen molar-refractivity contribution in [1.82, 2.24) is 9.38 Å². The Hall–Kier alpha value is -2.11. The molecule has 2 aromatic heterocycles. The first kappa shape index (κ1) is 14.8. The number of hydrogen-bond donors (Lipinski definition) is 1. The lowest BCUT2D eigenvalue weighted by molar-refractivity contribution is 0.102. The van der Waals surface area contributed by atoms with Crippen LogP contribution >= 0.6 is 23.2 Å². The highest BCUT2D eigenvalue weighted by molar-refractivity contribution is 6.42. The Morgan fingerprint density at radius 2 is 2.00 bits per heavy atom. The van der Waals surface area contributed by atoms with Gasteiger partial charge in [-0.05, 0) is 37.3 Å². The molecule has 0 fully saturated rings. The van der Waals surface area contributed by atoms with Crippen molar-refractivity contribution in [3.8, 4) is 0 Å². The quantitative estimate of drug-likeness (QED) is 0.755. The predicted octanol–water partition coefficient (Wildman–Crippen LogP) is 4.34. The molecule has 3 aromatic rings. The van der Waals surface area contributed by atoms with Crippen LogP contribution in [-0.2, 0) is 0 Å². The Morgan fingerprint density at radius 3 is 2.73 bits per heavy atom. The molecule has 2 heterocycles. The zero-order valence-electron chi connectivity index (χ0n) is 11.4. The number of halogens is 3. The van der Waals surface area contributed by atoms with E-state index in [9.17, 15) is 9.18 Å². The van der Waals surface area contributed by atoms with Crippen molar-refractivity contribution in [2.24, 2.45) is 0 Å². The molecule has 1 N–H and O–H groups in total. The molecule has 0 aliphatic carbocycles. The molecular weight excluding hydrogens is 328 g/mol. The highest BCUT2D eigenvalue weighted by Crippen LogP contribution is 2.25. The van der Waals surface area contributed by atoms with Gasteiger partial charge in [-0.25, -0.2) is 9.37 Å². The fourth-order valence-electron chi connectivity index (χ4n) is 2.17. The van der Waals surface area contributed by atoms with Crippen LogP contribution in [-0.4, -0.2) is 15.3 Å². The lowest BCUT2D eigenvalue weighted by Gasteiger charge is -2.07. The molecule has 0 saturated heterocycles. The highest BCUT2D eigenvalue weighted by Gasteiger charge is 2.17. The third-order valence-electron chi connectivity index (χ3n) is 3.15. The van der Waals surface area contributed by atoms with Crippen molar-refractivity contribution in [2.75, 3.05) is 5.32 Å². The summed E-state index contributed by atoms with van der Waals surface area (Å²) in [5.74, 6) is -0.859. The number of amides is 1. The largest absolute Gasteiger partial charge is 0.321 e. The van der Waals surface area contributed by atoms with Crippen molar-refractivity contribution in [3.05, 3.63) is 63.8 Å². The van der Waals surface area contributed by atoms with Crippen molar-refractivity contribution in [1.29, 1.82) is 0 Å². The average Bonchev–Trinajstić information content (AvgIpc) is 2.78. The molecule has 0 atom stereocenters. The van der Waals surface area contributed by atoms with Crippen LogP contribution in [0.5, 0.6) is 0 Å². The topological polar surface area (TPSA) is 46.4 Å². The van der Waals surface area contributed by atoms with E-state index in [0.29, 0.717) is 27.1 Å². The van der Waals surface area contributed by atoms with E-state index in [-0.39, 0.29) is 5.69 Å². The van der Waals surface area contributed by atoms with Gasteiger partial charge in [0.1, 0.15) is 17.2 Å². The molecule has 1 aromatic carbocycles. The van der Waals surface area contributed by atoms with E-state index in [1.165, 1.54) is 22.7 Å². The summed E-state index contributed by atoms with van der Waals surface area (Å²) in [6.45, 7) is 1.69. The number of fused-ring (bicyclic) bond motifs is 1. The maximum atomic E-state index is 13.4. The number of imidazole rings is 1. The van der Waals surface area contributed by atoms with Gasteiger partial charge in [-0.1, -0.05) is 23.2 Å². The molecule has 0 aliphatic rings. The number of carbonyl (C=O) groups is 1. The molecule has 0 saturated carbocycles. The molecule has 0 radical (unpaired) electrons. The number of pyridine rings is 1. The summed E-state index contributed by atoms with van der Waals surface area (Å²) in [7, 11) is 0. The van der Waals surface area contributed by atoms with Crippen molar-refractivity contribution < 1.29 is 9.18 Å². The Morgan fingerprint density at radius 1 is 1.23 bits per heavy atom. The Labute approximate surface area is 135 Å². The summed E-state index contributed by atoms with van der Waals surface area (Å²) in [5, 5.41) is 3.43. The molecule has 7 heteroatoms. The fourth-order valence-corrected chi connectivity index (χ4v) is 2.47. The molecule has 0 aliphatic heterocycles. The van der Waals surface area contributed by atoms with E-state index in [0.717, 1.165) is 0 Å². The molecule has 4 nitrogen and oxygen atoms in total. The van der Waals surface area contributed by atoms with Gasteiger partial charge in [0.15, 0.2) is 0 Å². The molecule has 0 spiro atoms. The van der Waals surface area contributed by atoms with Crippen LogP contribution in [0.1, 0.15) is 16.2 Å². The second-order valence-electron chi connectivity index (χ2n) is 4.70. The van der Waals surface area contributed by atoms with E-state index < -0.39 is 11.7 Å². The molecule has 22 heavy (non-hydrogen) atoms. The monoisotopic (exact) mass is 337 g/mol. The molecular formula is C15H10Cl2FN3O. The maximum Gasteiger partial charge on any atom is 0.274 e. The highest BCUT2D eigenvalue weighted by atomic mass is 35.5. The first-order valence-electron chi connectivity index (χ1n) is 6.36. The van der Waals surface area contributed by atoms with Crippen LogP contribution in [0.4, 0.5) is 10.1 Å². The van der Waals surface area contributed by atoms with Gasteiger partial charge in [-0.2, -0.15) is 0 Å². The van der Waals surface area contributed by atoms with Gasteiger partial charge < -0.3 is 5.32 Å². The number of nitrogens with one attached hydrogen (secondary N) is 1. The Bertz CT molecular complexity index is 892. The molecule has 0 unspecified atom stereocenters. The van der Waals surface area contributed by atoms with Crippen LogP contribution in [0.2, 0.25) is 10.0 Å². The zero-order chi connectivity index (χ0) is 15.9. The summed E-state index contributed by atoms with van der Waals surface area (Å²) < 4.78 is 14.8. The Kier molecular flexibility index (Phi) is 3.76. The number of aryl methyl sites for hydroxylation is 1. The molecule has 1 amide bonds. The molecule has 3 rings (SSSR count). The van der Waals surface area contributed by atoms with Gasteiger partial charge in [-0.15, -0.1) is 0 Å². The van der Waals surface area contributed by atoms with Gasteiger partial charge in [0.05, 0.1) is 15.7 Å². The number of hydrogen-bond acceptors (Lipinski definition) is 2. The van der Waals surface area contributed by atoms with Crippen LogP contribution in [0.15, 0.2) is 36.5 Å². The summed E-state index contributed by atoms with van der Waals surface area (Å²) >= 11 is 11.8. The first-order valence-corrected chi connectivity index (χ1v) is 7.12. The lowest BCUT2D eigenvalue weighted by atomic mass is 10.3. The number of rotatable bonds is 2. The number of nitrogens with zero attached hydrogens (tertiary/aromatic N) is 2. The Balaban J connectivity index is 2.00. The van der Waals surface area contributed by atoms with E-state index in [2.05, 4.69) is 10.3 Å². The molecule has 112 valence electrons. The first-order chi connectivity index (χ1) is 10.5. The minimum Gasteiger partial charge on any atom is -0.321 e. The smallest absolute Gasteiger partial charge is 0.274 e. The third-order valence-corrected chi connectivity index (χ3v) is 3.89. The minimum atomic E-state index is -0.450. The van der Waals surface area contributed by atoms with Crippen molar-refractivity contribution in [3.63, 3.8) is 0 Å². The normalized spacial score (nSPS) is 10.9. The maximum absolute atomic E-state index is 13.4. The van der Waals surface area contributed by atoms with E-state index in [1.54, 1.807) is 25.1 Å². The van der Waals surface area contributed by atoms with E-state index in [4.69, 9.17) is 23.2 Å². The van der Waals surface area contributed by atoms with Gasteiger partial charge in [-0.3, -0.25) is 9.20 Å². The van der Waals surface area contributed by atoms with Gasteiger partial charge in [0.25, 0.3) is 5.91 Å². The SMILES string of the molecule is Cc1nc2ccc(F)cn2c1C(=O)Nc1ccc(Cl)c(Cl)c1. The van der Waals surface area contributed by atoms with Crippen LogP contribution in [0.25, 0.3) is 5.65 Å². The summed E-state index contributed by atoms with van der Waals surface area (Å²) in [5.41, 5.74) is 1.76. The van der Waals surface area contributed by atoms with Gasteiger partial charge in [0.2, 0.25) is 0 Å². The number of carbonyl (C=O) groups excluding carboxylic acids is 1. The third kappa shape index (κ3) is 2.65. The summed E-state index contributed by atoms with van der Waals surface area (Å²) in [6, 6.07) is 7.56.